The Morgan fingerprint density at radius 1 is 1.52 bits per heavy atom. The van der Waals surface area contributed by atoms with Crippen molar-refractivity contribution >= 4 is 11.9 Å². The number of rotatable bonds is 6. The number of carbonyl (C=O) groups is 2. The smallest absolute Gasteiger partial charge is 0.404 e. The number of aromatic nitrogens is 1. The third-order valence-corrected chi connectivity index (χ3v) is 3.60. The molecule has 0 bridgehead atoms. The van der Waals surface area contributed by atoms with E-state index in [0.29, 0.717) is 25.0 Å². The van der Waals surface area contributed by atoms with Crippen molar-refractivity contribution in [2.75, 3.05) is 7.11 Å². The Balaban J connectivity index is 2.15. The highest BCUT2D eigenvalue weighted by atomic mass is 16.5. The molecule has 0 radical (unpaired) electrons. The molecule has 0 unspecified atom stereocenters. The summed E-state index contributed by atoms with van der Waals surface area (Å²) in [6.45, 7) is 0. The highest BCUT2D eigenvalue weighted by Gasteiger charge is 2.29. The fourth-order valence-electron chi connectivity index (χ4n) is 2.63. The fourth-order valence-corrected chi connectivity index (χ4v) is 2.63. The third-order valence-electron chi connectivity index (χ3n) is 3.60. The maximum absolute atomic E-state index is 12.1. The summed E-state index contributed by atoms with van der Waals surface area (Å²) in [7, 11) is 1.39. The molecule has 23 heavy (non-hydrogen) atoms. The maximum atomic E-state index is 12.1. The van der Waals surface area contributed by atoms with Gasteiger partial charge in [0.25, 0.3) is 0 Å². The van der Waals surface area contributed by atoms with Gasteiger partial charge in [0, 0.05) is 18.7 Å². The Hall–Kier alpha value is -2.82. The second-order valence-corrected chi connectivity index (χ2v) is 5.15. The molecule has 1 aromatic heterocycles. The number of ketones is 1. The Morgan fingerprint density at radius 3 is 2.96 bits per heavy atom. The third kappa shape index (κ3) is 4.10. The summed E-state index contributed by atoms with van der Waals surface area (Å²) < 4.78 is 10.9. The summed E-state index contributed by atoms with van der Waals surface area (Å²) in [6, 6.07) is 3.18. The molecule has 1 aliphatic carbocycles. The molecular weight excluding hydrogens is 302 g/mol. The first-order valence-electron chi connectivity index (χ1n) is 7.14. The second kappa shape index (κ2) is 7.45. The highest BCUT2D eigenvalue weighted by molar-refractivity contribution is 6.01. The largest absolute Gasteiger partial charge is 0.489 e. The average molecular weight is 319 g/mol. The second-order valence-electron chi connectivity index (χ2n) is 5.15. The number of nitrogens with zero attached hydrogens (tertiary/aromatic N) is 2. The van der Waals surface area contributed by atoms with Crippen LogP contribution in [-0.2, 0) is 0 Å². The van der Waals surface area contributed by atoms with Crippen molar-refractivity contribution in [3.05, 3.63) is 17.8 Å². The lowest BCUT2D eigenvalue weighted by molar-refractivity contribution is 0.0986. The molecule has 1 aliphatic rings. The van der Waals surface area contributed by atoms with Crippen LogP contribution < -0.4 is 14.8 Å². The molecule has 0 spiro atoms. The molecule has 0 saturated heterocycles. The van der Waals surface area contributed by atoms with Crippen LogP contribution in [0.3, 0.4) is 0 Å². The molecular formula is C15H17N3O5. The number of hydrogen-bond acceptors (Lipinski definition) is 6. The van der Waals surface area contributed by atoms with E-state index in [0.717, 1.165) is 0 Å². The van der Waals surface area contributed by atoms with E-state index >= 15 is 0 Å². The number of pyridine rings is 1. The van der Waals surface area contributed by atoms with Crippen LogP contribution in [-0.4, -0.2) is 41.2 Å². The van der Waals surface area contributed by atoms with Gasteiger partial charge in [-0.3, -0.25) is 4.79 Å². The number of carbonyl (C=O) groups excluding carboxylic acids is 1. The standard InChI is InChI=1S/C15H17N3O5/c1-22-14-13(11(19)4-6-16)12(5-7-17-14)23-10-3-2-9(8-10)18-15(20)21/h5,7,9-10,18H,2-4,8H2,1H3,(H,20,21)/t9-,10+/m0/s1. The van der Waals surface area contributed by atoms with Gasteiger partial charge in [-0.25, -0.2) is 9.78 Å². The summed E-state index contributed by atoms with van der Waals surface area (Å²) in [5, 5.41) is 19.9. The van der Waals surface area contributed by atoms with Gasteiger partial charge in [-0.1, -0.05) is 0 Å². The van der Waals surface area contributed by atoms with E-state index in [1.54, 1.807) is 12.1 Å². The number of nitriles is 1. The average Bonchev–Trinajstić information content (AvgIpc) is 2.93. The SMILES string of the molecule is COc1nccc(O[C@@H]2CC[C@H](NC(=O)O)C2)c1C(=O)CC#N. The Labute approximate surface area is 133 Å². The molecule has 2 atom stereocenters. The first-order valence-corrected chi connectivity index (χ1v) is 7.14. The van der Waals surface area contributed by atoms with E-state index in [9.17, 15) is 9.59 Å². The minimum atomic E-state index is -1.06. The van der Waals surface area contributed by atoms with Crippen LogP contribution in [0.1, 0.15) is 36.0 Å². The summed E-state index contributed by atoms with van der Waals surface area (Å²) in [6.07, 6.45) is 1.73. The van der Waals surface area contributed by atoms with Gasteiger partial charge >= 0.3 is 6.09 Å². The van der Waals surface area contributed by atoms with Crippen molar-refractivity contribution in [1.29, 1.82) is 5.26 Å². The summed E-state index contributed by atoms with van der Waals surface area (Å²) >= 11 is 0. The normalized spacial score (nSPS) is 19.7. The van der Waals surface area contributed by atoms with E-state index in [2.05, 4.69) is 10.3 Å². The van der Waals surface area contributed by atoms with Crippen molar-refractivity contribution in [2.24, 2.45) is 0 Å². The van der Waals surface area contributed by atoms with Crippen molar-refractivity contribution in [3.8, 4) is 17.7 Å². The molecule has 1 amide bonds. The molecule has 1 heterocycles. The molecule has 1 fully saturated rings. The Kier molecular flexibility index (Phi) is 5.36. The summed E-state index contributed by atoms with van der Waals surface area (Å²) in [4.78, 5) is 26.8. The molecule has 2 N–H and O–H groups in total. The topological polar surface area (TPSA) is 122 Å². The summed E-state index contributed by atoms with van der Waals surface area (Å²) in [5.74, 6) is -0.00955. The van der Waals surface area contributed by atoms with E-state index in [1.165, 1.54) is 13.3 Å². The molecule has 1 aromatic rings. The number of carboxylic acid groups (broad SMARTS) is 1. The molecule has 0 aromatic carbocycles. The van der Waals surface area contributed by atoms with Crippen molar-refractivity contribution in [1.82, 2.24) is 10.3 Å². The number of nitrogens with one attached hydrogen (secondary N) is 1. The Morgan fingerprint density at radius 2 is 2.30 bits per heavy atom. The van der Waals surface area contributed by atoms with Crippen LogP contribution in [0.5, 0.6) is 11.6 Å². The lowest BCUT2D eigenvalue weighted by Gasteiger charge is -2.17. The highest BCUT2D eigenvalue weighted by Crippen LogP contribution is 2.31. The zero-order valence-electron chi connectivity index (χ0n) is 12.6. The zero-order chi connectivity index (χ0) is 16.8. The first kappa shape index (κ1) is 16.5. The van der Waals surface area contributed by atoms with E-state index < -0.39 is 11.9 Å². The minimum Gasteiger partial charge on any atom is -0.489 e. The number of ether oxygens (including phenoxy) is 2. The maximum Gasteiger partial charge on any atom is 0.404 e. The van der Waals surface area contributed by atoms with Crippen LogP contribution in [0, 0.1) is 11.3 Å². The molecule has 2 rings (SSSR count). The molecule has 1 saturated carbocycles. The van der Waals surface area contributed by atoms with Gasteiger partial charge in [0.1, 0.15) is 17.4 Å². The number of methoxy groups -OCH3 is 1. The number of hydrogen-bond donors (Lipinski definition) is 2. The Bertz CT molecular complexity index is 640. The lowest BCUT2D eigenvalue weighted by Crippen LogP contribution is -2.32. The van der Waals surface area contributed by atoms with Crippen LogP contribution in [0.4, 0.5) is 4.79 Å². The molecule has 0 aliphatic heterocycles. The molecule has 8 heteroatoms. The predicted molar refractivity (Wildman–Crippen MR) is 78.6 cm³/mol. The van der Waals surface area contributed by atoms with Crippen LogP contribution >= 0.6 is 0 Å². The zero-order valence-corrected chi connectivity index (χ0v) is 12.6. The van der Waals surface area contributed by atoms with Gasteiger partial charge < -0.3 is 19.9 Å². The van der Waals surface area contributed by atoms with Gasteiger partial charge in [0.2, 0.25) is 5.88 Å². The van der Waals surface area contributed by atoms with Crippen LogP contribution in [0.25, 0.3) is 0 Å². The lowest BCUT2D eigenvalue weighted by atomic mass is 10.1. The summed E-state index contributed by atoms with van der Waals surface area (Å²) in [5.41, 5.74) is 0.145. The van der Waals surface area contributed by atoms with Crippen molar-refractivity contribution in [2.45, 2.75) is 37.8 Å². The number of amides is 1. The van der Waals surface area contributed by atoms with Gasteiger partial charge in [0.05, 0.1) is 19.6 Å². The molecule has 122 valence electrons. The number of Topliss-reactive ketones (excluding diaryl/α,β-unsaturated/α-hetero) is 1. The fraction of sp³-hybridized carbons (Fsp3) is 0.467. The van der Waals surface area contributed by atoms with Crippen LogP contribution in [0.2, 0.25) is 0 Å². The van der Waals surface area contributed by atoms with Gasteiger partial charge in [-0.2, -0.15) is 5.26 Å². The van der Waals surface area contributed by atoms with E-state index in [4.69, 9.17) is 19.8 Å². The quantitative estimate of drug-likeness (QED) is 0.766. The van der Waals surface area contributed by atoms with Gasteiger partial charge in [-0.05, 0) is 18.9 Å². The van der Waals surface area contributed by atoms with Gasteiger partial charge in [0.15, 0.2) is 5.78 Å². The monoisotopic (exact) mass is 319 g/mol. The first-order chi connectivity index (χ1) is 11.0. The van der Waals surface area contributed by atoms with Gasteiger partial charge in [-0.15, -0.1) is 0 Å². The van der Waals surface area contributed by atoms with E-state index in [-0.39, 0.29) is 30.0 Å². The molecule has 8 nitrogen and oxygen atoms in total. The van der Waals surface area contributed by atoms with Crippen molar-refractivity contribution in [3.63, 3.8) is 0 Å². The van der Waals surface area contributed by atoms with E-state index in [1.807, 2.05) is 0 Å². The minimum absolute atomic E-state index is 0.112. The van der Waals surface area contributed by atoms with Crippen LogP contribution in [0.15, 0.2) is 12.3 Å². The predicted octanol–water partition coefficient (Wildman–Crippen LogP) is 1.75. The van der Waals surface area contributed by atoms with Crippen molar-refractivity contribution < 1.29 is 24.2 Å².